The van der Waals surface area contributed by atoms with Gasteiger partial charge in [-0.05, 0) is 48.4 Å². The van der Waals surface area contributed by atoms with Crippen molar-refractivity contribution in [2.45, 2.75) is 37.2 Å². The van der Waals surface area contributed by atoms with Crippen molar-refractivity contribution in [3.8, 4) is 11.5 Å². The lowest BCUT2D eigenvalue weighted by atomic mass is 10.0. The van der Waals surface area contributed by atoms with Crippen molar-refractivity contribution < 1.29 is 27.5 Å². The lowest BCUT2D eigenvalue weighted by Gasteiger charge is -2.34. The number of amides is 2. The van der Waals surface area contributed by atoms with Crippen molar-refractivity contribution in [2.75, 3.05) is 31.6 Å². The summed E-state index contributed by atoms with van der Waals surface area (Å²) in [5.74, 6) is -0.393. The average molecular weight is 699 g/mol. The number of rotatable bonds is 15. The third-order valence-corrected chi connectivity index (χ3v) is 9.97. The zero-order valence-corrected chi connectivity index (χ0v) is 28.7. The standard InChI is InChI=1S/C35H37Cl2N3O6S/c1-4-20-38-35(42)31(21-25-12-7-5-8-13-25)39(23-28-29(36)16-11-17-30(28)37)34(41)24-40(47(43,44)27-14-9-6-10-15-27)26-18-19-32(45-2)33(22-26)46-3/h5-19,22,31H,4,20-21,23-24H2,1-3H3,(H,38,42)/t31-/m1/s1. The van der Waals surface area contributed by atoms with E-state index in [9.17, 15) is 18.0 Å². The molecule has 0 bridgehead atoms. The lowest BCUT2D eigenvalue weighted by Crippen LogP contribution is -2.53. The maximum atomic E-state index is 14.6. The number of hydrogen-bond donors (Lipinski definition) is 1. The monoisotopic (exact) mass is 697 g/mol. The van der Waals surface area contributed by atoms with E-state index in [1.54, 1.807) is 42.5 Å². The minimum absolute atomic E-state index is 0.0233. The van der Waals surface area contributed by atoms with E-state index in [0.717, 1.165) is 9.87 Å². The molecule has 4 rings (SSSR count). The maximum absolute atomic E-state index is 14.6. The maximum Gasteiger partial charge on any atom is 0.264 e. The Hall–Kier alpha value is -4.25. The van der Waals surface area contributed by atoms with Gasteiger partial charge in [0.25, 0.3) is 10.0 Å². The smallest absolute Gasteiger partial charge is 0.264 e. The first kappa shape index (κ1) is 35.6. The fourth-order valence-electron chi connectivity index (χ4n) is 5.00. The van der Waals surface area contributed by atoms with E-state index in [-0.39, 0.29) is 29.3 Å². The summed E-state index contributed by atoms with van der Waals surface area (Å²) in [6.07, 6.45) is 0.836. The Morgan fingerprint density at radius 1 is 0.830 bits per heavy atom. The summed E-state index contributed by atoms with van der Waals surface area (Å²) in [6.45, 7) is 1.51. The Balaban J connectivity index is 1.86. The van der Waals surface area contributed by atoms with E-state index in [1.165, 1.54) is 43.4 Å². The second-order valence-corrected chi connectivity index (χ2v) is 13.3. The molecule has 0 saturated heterocycles. The summed E-state index contributed by atoms with van der Waals surface area (Å²) in [5, 5.41) is 3.52. The second kappa shape index (κ2) is 16.5. The molecule has 12 heteroatoms. The van der Waals surface area contributed by atoms with Gasteiger partial charge in [-0.25, -0.2) is 8.42 Å². The molecule has 0 fully saturated rings. The molecule has 0 aliphatic carbocycles. The fourth-order valence-corrected chi connectivity index (χ4v) is 6.95. The summed E-state index contributed by atoms with van der Waals surface area (Å²) < 4.78 is 40.2. The normalized spacial score (nSPS) is 11.8. The van der Waals surface area contributed by atoms with Crippen LogP contribution in [0.4, 0.5) is 5.69 Å². The van der Waals surface area contributed by atoms with Crippen LogP contribution in [0.2, 0.25) is 10.0 Å². The molecule has 248 valence electrons. The summed E-state index contributed by atoms with van der Waals surface area (Å²) in [4.78, 5) is 29.7. The van der Waals surface area contributed by atoms with Crippen LogP contribution in [0.25, 0.3) is 0 Å². The molecule has 0 aromatic heterocycles. The molecule has 1 N–H and O–H groups in total. The largest absolute Gasteiger partial charge is 0.493 e. The number of anilines is 1. The topological polar surface area (TPSA) is 105 Å². The van der Waals surface area contributed by atoms with Gasteiger partial charge in [0.05, 0.1) is 24.8 Å². The van der Waals surface area contributed by atoms with Gasteiger partial charge in [0.2, 0.25) is 11.8 Å². The Kier molecular flexibility index (Phi) is 12.5. The van der Waals surface area contributed by atoms with Crippen LogP contribution < -0.4 is 19.1 Å². The molecule has 9 nitrogen and oxygen atoms in total. The van der Waals surface area contributed by atoms with Crippen LogP contribution in [0, 0.1) is 0 Å². The van der Waals surface area contributed by atoms with Crippen LogP contribution >= 0.6 is 23.2 Å². The van der Waals surface area contributed by atoms with Gasteiger partial charge in [0.15, 0.2) is 11.5 Å². The molecule has 2 amide bonds. The highest BCUT2D eigenvalue weighted by atomic mass is 35.5. The molecule has 0 spiro atoms. The summed E-state index contributed by atoms with van der Waals surface area (Å²) in [6, 6.07) is 25.6. The van der Waals surface area contributed by atoms with Gasteiger partial charge in [-0.3, -0.25) is 13.9 Å². The van der Waals surface area contributed by atoms with Crippen LogP contribution in [0.1, 0.15) is 24.5 Å². The number of benzene rings is 4. The van der Waals surface area contributed by atoms with Gasteiger partial charge in [-0.2, -0.15) is 0 Å². The molecule has 1 atom stereocenters. The number of carbonyl (C=O) groups is 2. The van der Waals surface area contributed by atoms with Crippen LogP contribution in [0.15, 0.2) is 102 Å². The van der Waals surface area contributed by atoms with Gasteiger partial charge >= 0.3 is 0 Å². The van der Waals surface area contributed by atoms with Crippen LogP contribution in [0.5, 0.6) is 11.5 Å². The number of nitrogens with one attached hydrogen (secondary N) is 1. The van der Waals surface area contributed by atoms with Crippen molar-refractivity contribution in [1.29, 1.82) is 0 Å². The number of methoxy groups -OCH3 is 2. The molecule has 0 aliphatic heterocycles. The number of carbonyl (C=O) groups excluding carboxylic acids is 2. The first-order valence-electron chi connectivity index (χ1n) is 14.9. The molecule has 0 aliphatic rings. The first-order valence-corrected chi connectivity index (χ1v) is 17.1. The number of sulfonamides is 1. The zero-order chi connectivity index (χ0) is 34.0. The number of hydrogen-bond acceptors (Lipinski definition) is 6. The minimum Gasteiger partial charge on any atom is -0.493 e. The van der Waals surface area contributed by atoms with Gasteiger partial charge < -0.3 is 19.7 Å². The fraction of sp³-hybridized carbons (Fsp3) is 0.257. The van der Waals surface area contributed by atoms with Crippen LogP contribution in [-0.4, -0.2) is 58.5 Å². The van der Waals surface area contributed by atoms with Crippen molar-refractivity contribution in [2.24, 2.45) is 0 Å². The predicted octanol–water partition coefficient (Wildman–Crippen LogP) is 6.37. The SMILES string of the molecule is CCCNC(=O)[C@@H](Cc1ccccc1)N(Cc1c(Cl)cccc1Cl)C(=O)CN(c1ccc(OC)c(OC)c1)S(=O)(=O)c1ccccc1. The van der Waals surface area contributed by atoms with E-state index >= 15 is 0 Å². The highest BCUT2D eigenvalue weighted by Gasteiger charge is 2.35. The van der Waals surface area contributed by atoms with Gasteiger partial charge in [-0.15, -0.1) is 0 Å². The van der Waals surface area contributed by atoms with E-state index in [4.69, 9.17) is 32.7 Å². The Morgan fingerprint density at radius 3 is 2.04 bits per heavy atom. The average Bonchev–Trinajstić information content (AvgIpc) is 3.09. The highest BCUT2D eigenvalue weighted by Crippen LogP contribution is 2.34. The van der Waals surface area contributed by atoms with Crippen LogP contribution in [0.3, 0.4) is 0 Å². The van der Waals surface area contributed by atoms with E-state index < -0.39 is 34.4 Å². The molecule has 4 aromatic carbocycles. The predicted molar refractivity (Wildman–Crippen MR) is 185 cm³/mol. The first-order chi connectivity index (χ1) is 22.6. The van der Waals surface area contributed by atoms with Crippen LogP contribution in [-0.2, 0) is 32.6 Å². The lowest BCUT2D eigenvalue weighted by molar-refractivity contribution is -0.140. The van der Waals surface area contributed by atoms with E-state index in [0.29, 0.717) is 34.3 Å². The molecular formula is C35H37Cl2N3O6S. The van der Waals surface area contributed by atoms with Crippen molar-refractivity contribution >= 4 is 50.7 Å². The third-order valence-electron chi connectivity index (χ3n) is 7.48. The Labute approximate surface area is 286 Å². The molecule has 0 unspecified atom stereocenters. The number of halogens is 2. The van der Waals surface area contributed by atoms with E-state index in [1.807, 2.05) is 37.3 Å². The number of ether oxygens (including phenoxy) is 2. The molecule has 0 radical (unpaired) electrons. The summed E-state index contributed by atoms with van der Waals surface area (Å²) in [5.41, 5.74) is 1.39. The molecule has 4 aromatic rings. The van der Waals surface area contributed by atoms with Crippen molar-refractivity contribution in [1.82, 2.24) is 10.2 Å². The van der Waals surface area contributed by atoms with Crippen molar-refractivity contribution in [3.63, 3.8) is 0 Å². The molecule has 47 heavy (non-hydrogen) atoms. The molecule has 0 saturated carbocycles. The van der Waals surface area contributed by atoms with Crippen molar-refractivity contribution in [3.05, 3.63) is 118 Å². The molecule has 0 heterocycles. The third kappa shape index (κ3) is 8.77. The zero-order valence-electron chi connectivity index (χ0n) is 26.4. The molecular weight excluding hydrogens is 661 g/mol. The summed E-state index contributed by atoms with van der Waals surface area (Å²) in [7, 11) is -1.40. The van der Waals surface area contributed by atoms with E-state index in [2.05, 4.69) is 5.32 Å². The second-order valence-electron chi connectivity index (χ2n) is 10.6. The Morgan fingerprint density at radius 2 is 1.45 bits per heavy atom. The Bertz CT molecular complexity index is 1750. The quantitative estimate of drug-likeness (QED) is 0.155. The minimum atomic E-state index is -4.30. The van der Waals surface area contributed by atoms with Gasteiger partial charge in [0.1, 0.15) is 12.6 Å². The highest BCUT2D eigenvalue weighted by molar-refractivity contribution is 7.92. The number of nitrogens with zero attached hydrogens (tertiary/aromatic N) is 2. The summed E-state index contributed by atoms with van der Waals surface area (Å²) >= 11 is 13.1. The van der Waals surface area contributed by atoms with Gasteiger partial charge in [-0.1, -0.05) is 84.7 Å². The van der Waals surface area contributed by atoms with Gasteiger partial charge in [0, 0.05) is 41.2 Å².